The number of aliphatic hydroxyl groups is 1. The number of fused-ring (bicyclic) bond motifs is 1. The van der Waals surface area contributed by atoms with Gasteiger partial charge in [0.2, 0.25) is 11.8 Å². The number of hydrogen-bond donors (Lipinski definition) is 1. The number of amides is 2. The Bertz CT molecular complexity index is 1270. The number of hydrogen-bond acceptors (Lipinski definition) is 6. The van der Waals surface area contributed by atoms with E-state index in [0.717, 1.165) is 11.1 Å². The number of carbonyl (C=O) groups excluding carboxylic acids is 2. The fraction of sp³-hybridized carbons (Fsp3) is 0.333. The largest absolute Gasteiger partial charge is 0.472 e. The Morgan fingerprint density at radius 2 is 1.89 bits per heavy atom. The average Bonchev–Trinajstić information content (AvgIpc) is 2.94. The lowest BCUT2D eigenvalue weighted by Crippen LogP contribution is -2.50. The fourth-order valence-corrected chi connectivity index (χ4v) is 4.35. The zero-order chi connectivity index (χ0) is 27.1. The number of carbonyl (C=O) groups is 2. The fourth-order valence-electron chi connectivity index (χ4n) is 4.35. The Morgan fingerprint density at radius 3 is 2.61 bits per heavy atom. The van der Waals surface area contributed by atoms with Crippen LogP contribution in [0.5, 0.6) is 5.88 Å². The summed E-state index contributed by atoms with van der Waals surface area (Å²) in [6, 6.07) is 16.7. The standard InChI is InChI=1S/C30H34N4O4/c1-21-18-34(22(2)20-35)30(37)26-15-24(13-12-23-9-5-4-6-10-23)17-32-29(26)38-27(21)19-33(3)28(36)16-25-11-7-8-14-31-25/h4-15,17,21-22,27,35H,16,18-20H2,1-3H3/b13-12+/t21-,22+,27+/m1/s1. The first-order valence-corrected chi connectivity index (χ1v) is 12.8. The van der Waals surface area contributed by atoms with Crippen molar-refractivity contribution < 1.29 is 19.4 Å². The molecule has 2 aromatic heterocycles. The SMILES string of the molecule is C[C@@H]1CN([C@@H](C)CO)C(=O)c2cc(/C=C/c3ccccc3)cnc2O[C@H]1CN(C)C(=O)Cc1ccccn1. The quantitative estimate of drug-likeness (QED) is 0.494. The lowest BCUT2D eigenvalue weighted by molar-refractivity contribution is -0.130. The summed E-state index contributed by atoms with van der Waals surface area (Å²) < 4.78 is 6.32. The monoisotopic (exact) mass is 514 g/mol. The first-order valence-electron chi connectivity index (χ1n) is 12.8. The van der Waals surface area contributed by atoms with E-state index >= 15 is 0 Å². The second-order valence-corrected chi connectivity index (χ2v) is 9.76. The maximum absolute atomic E-state index is 13.6. The van der Waals surface area contributed by atoms with Crippen molar-refractivity contribution in [3.8, 4) is 5.88 Å². The number of rotatable bonds is 8. The average molecular weight is 515 g/mol. The van der Waals surface area contributed by atoms with E-state index in [1.54, 1.807) is 35.3 Å². The van der Waals surface area contributed by atoms with E-state index in [9.17, 15) is 14.7 Å². The van der Waals surface area contributed by atoms with Gasteiger partial charge < -0.3 is 19.6 Å². The summed E-state index contributed by atoms with van der Waals surface area (Å²) in [4.78, 5) is 38.6. The van der Waals surface area contributed by atoms with Crippen LogP contribution in [0.3, 0.4) is 0 Å². The van der Waals surface area contributed by atoms with Crippen LogP contribution in [0.25, 0.3) is 12.2 Å². The van der Waals surface area contributed by atoms with Crippen LogP contribution in [0.15, 0.2) is 67.0 Å². The summed E-state index contributed by atoms with van der Waals surface area (Å²) in [5.74, 6) is -0.212. The molecule has 3 aromatic rings. The van der Waals surface area contributed by atoms with Crippen molar-refractivity contribution in [2.75, 3.05) is 26.7 Å². The van der Waals surface area contributed by atoms with Gasteiger partial charge >= 0.3 is 0 Å². The number of aliphatic hydroxyl groups excluding tert-OH is 1. The van der Waals surface area contributed by atoms with Crippen molar-refractivity contribution in [2.24, 2.45) is 5.92 Å². The number of aromatic nitrogens is 2. The molecule has 0 saturated heterocycles. The molecule has 0 fully saturated rings. The number of benzene rings is 1. The van der Waals surface area contributed by atoms with Crippen LogP contribution in [0.4, 0.5) is 0 Å². The molecule has 8 nitrogen and oxygen atoms in total. The van der Waals surface area contributed by atoms with Gasteiger partial charge in [0.05, 0.1) is 25.6 Å². The van der Waals surface area contributed by atoms with E-state index in [0.29, 0.717) is 24.3 Å². The van der Waals surface area contributed by atoms with Crippen molar-refractivity contribution in [3.63, 3.8) is 0 Å². The third kappa shape index (κ3) is 6.63. The van der Waals surface area contributed by atoms with Crippen LogP contribution < -0.4 is 4.74 Å². The molecule has 3 atom stereocenters. The highest BCUT2D eigenvalue weighted by molar-refractivity contribution is 5.97. The number of nitrogens with zero attached hydrogens (tertiary/aromatic N) is 4. The number of likely N-dealkylation sites (N-methyl/N-ethyl adjacent to an activating group) is 1. The first kappa shape index (κ1) is 27.0. The molecule has 0 spiro atoms. The maximum Gasteiger partial charge on any atom is 0.259 e. The lowest BCUT2D eigenvalue weighted by Gasteiger charge is -2.37. The summed E-state index contributed by atoms with van der Waals surface area (Å²) in [6.45, 7) is 4.32. The maximum atomic E-state index is 13.6. The predicted molar refractivity (Wildman–Crippen MR) is 146 cm³/mol. The van der Waals surface area contributed by atoms with E-state index in [1.807, 2.05) is 74.5 Å². The molecule has 0 saturated carbocycles. The summed E-state index contributed by atoms with van der Waals surface area (Å²) in [5, 5.41) is 9.88. The molecule has 38 heavy (non-hydrogen) atoms. The van der Waals surface area contributed by atoms with Crippen LogP contribution >= 0.6 is 0 Å². The van der Waals surface area contributed by atoms with Crippen molar-refractivity contribution in [3.05, 3.63) is 89.4 Å². The molecule has 0 radical (unpaired) electrons. The predicted octanol–water partition coefficient (Wildman–Crippen LogP) is 3.57. The Kier molecular flexibility index (Phi) is 8.86. The van der Waals surface area contributed by atoms with Crippen LogP contribution in [-0.4, -0.2) is 75.6 Å². The highest BCUT2D eigenvalue weighted by Crippen LogP contribution is 2.28. The van der Waals surface area contributed by atoms with Crippen LogP contribution in [0, 0.1) is 5.92 Å². The molecule has 0 aliphatic carbocycles. The van der Waals surface area contributed by atoms with Gasteiger partial charge in [-0.25, -0.2) is 4.98 Å². The molecule has 3 heterocycles. The van der Waals surface area contributed by atoms with Gasteiger partial charge in [-0.05, 0) is 36.2 Å². The molecule has 0 bridgehead atoms. The Labute approximate surface area is 223 Å². The van der Waals surface area contributed by atoms with E-state index in [1.165, 1.54) is 0 Å². The van der Waals surface area contributed by atoms with E-state index < -0.39 is 6.10 Å². The molecule has 4 rings (SSSR count). The van der Waals surface area contributed by atoms with Gasteiger partial charge in [-0.15, -0.1) is 0 Å². The van der Waals surface area contributed by atoms with E-state index in [2.05, 4.69) is 9.97 Å². The smallest absolute Gasteiger partial charge is 0.259 e. The van der Waals surface area contributed by atoms with Crippen LogP contribution in [-0.2, 0) is 11.2 Å². The molecule has 0 unspecified atom stereocenters. The van der Waals surface area contributed by atoms with Crippen LogP contribution in [0.2, 0.25) is 0 Å². The van der Waals surface area contributed by atoms with E-state index in [-0.39, 0.29) is 42.7 Å². The molecule has 1 N–H and O–H groups in total. The topological polar surface area (TPSA) is 95.9 Å². The van der Waals surface area contributed by atoms with Gasteiger partial charge in [-0.2, -0.15) is 0 Å². The lowest BCUT2D eigenvalue weighted by atomic mass is 9.99. The highest BCUT2D eigenvalue weighted by Gasteiger charge is 2.34. The molecular formula is C30H34N4O4. The second-order valence-electron chi connectivity index (χ2n) is 9.76. The van der Waals surface area contributed by atoms with Gasteiger partial charge in [0.1, 0.15) is 11.7 Å². The van der Waals surface area contributed by atoms with Gasteiger partial charge in [-0.1, -0.05) is 55.5 Å². The molecule has 1 aliphatic heterocycles. The normalized spacial score (nSPS) is 18.3. The van der Waals surface area contributed by atoms with Gasteiger partial charge in [0.25, 0.3) is 5.91 Å². The minimum Gasteiger partial charge on any atom is -0.472 e. The van der Waals surface area contributed by atoms with Crippen molar-refractivity contribution >= 4 is 24.0 Å². The molecule has 1 aliphatic rings. The highest BCUT2D eigenvalue weighted by atomic mass is 16.5. The van der Waals surface area contributed by atoms with Crippen LogP contribution in [0.1, 0.15) is 41.0 Å². The number of ether oxygens (including phenoxy) is 1. The second kappa shape index (κ2) is 12.5. The summed E-state index contributed by atoms with van der Waals surface area (Å²) in [5.41, 5.74) is 2.83. The van der Waals surface area contributed by atoms with Crippen molar-refractivity contribution in [2.45, 2.75) is 32.4 Å². The molecular weight excluding hydrogens is 480 g/mol. The zero-order valence-electron chi connectivity index (χ0n) is 22.0. The summed E-state index contributed by atoms with van der Waals surface area (Å²) >= 11 is 0. The Hall–Kier alpha value is -4.04. The molecule has 8 heteroatoms. The Morgan fingerprint density at radius 1 is 1.16 bits per heavy atom. The number of pyridine rings is 2. The Balaban J connectivity index is 1.59. The van der Waals surface area contributed by atoms with Crippen molar-refractivity contribution in [1.29, 1.82) is 0 Å². The minimum absolute atomic E-state index is 0.0761. The first-order chi connectivity index (χ1) is 18.4. The summed E-state index contributed by atoms with van der Waals surface area (Å²) in [6.07, 6.45) is 6.98. The summed E-state index contributed by atoms with van der Waals surface area (Å²) in [7, 11) is 1.74. The third-order valence-electron chi connectivity index (χ3n) is 6.75. The van der Waals surface area contributed by atoms with Gasteiger partial charge in [-0.3, -0.25) is 14.6 Å². The van der Waals surface area contributed by atoms with E-state index in [4.69, 9.17) is 4.74 Å². The van der Waals surface area contributed by atoms with Gasteiger partial charge in [0, 0.05) is 37.6 Å². The third-order valence-corrected chi connectivity index (χ3v) is 6.75. The minimum atomic E-state index is -0.411. The molecule has 1 aromatic carbocycles. The zero-order valence-corrected chi connectivity index (χ0v) is 22.0. The van der Waals surface area contributed by atoms with Gasteiger partial charge in [0.15, 0.2) is 0 Å². The molecule has 198 valence electrons. The van der Waals surface area contributed by atoms with Crippen molar-refractivity contribution in [1.82, 2.24) is 19.8 Å². The molecule has 2 amide bonds.